The first kappa shape index (κ1) is 17.3. The third-order valence-electron chi connectivity index (χ3n) is 3.67. The second-order valence-electron chi connectivity index (χ2n) is 5.32. The van der Waals surface area contributed by atoms with E-state index in [4.69, 9.17) is 9.47 Å². The van der Waals surface area contributed by atoms with Crippen molar-refractivity contribution in [1.82, 2.24) is 9.97 Å². The molecule has 1 N–H and O–H groups in total. The van der Waals surface area contributed by atoms with E-state index in [1.807, 2.05) is 0 Å². The van der Waals surface area contributed by atoms with Crippen molar-refractivity contribution >= 4 is 11.6 Å². The van der Waals surface area contributed by atoms with E-state index in [0.29, 0.717) is 28.6 Å². The van der Waals surface area contributed by atoms with E-state index in [9.17, 15) is 9.18 Å². The van der Waals surface area contributed by atoms with Crippen molar-refractivity contribution in [2.24, 2.45) is 0 Å². The molecule has 6 nitrogen and oxygen atoms in total. The van der Waals surface area contributed by atoms with Gasteiger partial charge in [0.05, 0.1) is 25.5 Å². The molecule has 1 heterocycles. The van der Waals surface area contributed by atoms with Crippen molar-refractivity contribution in [3.63, 3.8) is 0 Å². The zero-order valence-corrected chi connectivity index (χ0v) is 14.2. The normalized spacial score (nSPS) is 10.3. The number of anilines is 1. The molecule has 0 spiro atoms. The molecule has 26 heavy (non-hydrogen) atoms. The number of nitrogens with zero attached hydrogens (tertiary/aromatic N) is 2. The van der Waals surface area contributed by atoms with Crippen LogP contribution < -0.4 is 14.8 Å². The summed E-state index contributed by atoms with van der Waals surface area (Å²) in [6.45, 7) is 0. The molecule has 0 bridgehead atoms. The zero-order valence-electron chi connectivity index (χ0n) is 14.2. The van der Waals surface area contributed by atoms with Gasteiger partial charge in [-0.3, -0.25) is 4.79 Å². The number of halogens is 1. The van der Waals surface area contributed by atoms with Gasteiger partial charge in [-0.25, -0.2) is 14.4 Å². The van der Waals surface area contributed by atoms with Gasteiger partial charge in [-0.15, -0.1) is 0 Å². The van der Waals surface area contributed by atoms with Crippen LogP contribution in [0.3, 0.4) is 0 Å². The largest absolute Gasteiger partial charge is 0.497 e. The van der Waals surface area contributed by atoms with Crippen molar-refractivity contribution < 1.29 is 18.7 Å². The van der Waals surface area contributed by atoms with Crippen LogP contribution in [-0.4, -0.2) is 30.1 Å². The summed E-state index contributed by atoms with van der Waals surface area (Å²) in [6.07, 6.45) is 2.82. The molecular formula is C19H16FN3O3. The number of aromatic nitrogens is 2. The van der Waals surface area contributed by atoms with Crippen molar-refractivity contribution in [2.75, 3.05) is 19.5 Å². The molecule has 7 heteroatoms. The Bertz CT molecular complexity index is 912. The van der Waals surface area contributed by atoms with E-state index >= 15 is 0 Å². The molecule has 2 aromatic carbocycles. The van der Waals surface area contributed by atoms with Gasteiger partial charge in [-0.05, 0) is 36.4 Å². The maximum atomic E-state index is 13.0. The molecule has 3 rings (SSSR count). The number of carbonyl (C=O) groups is 1. The average Bonchev–Trinajstić information content (AvgIpc) is 2.68. The van der Waals surface area contributed by atoms with E-state index in [1.54, 1.807) is 30.3 Å². The Kier molecular flexibility index (Phi) is 5.07. The van der Waals surface area contributed by atoms with Gasteiger partial charge in [0.25, 0.3) is 5.91 Å². The van der Waals surface area contributed by atoms with Gasteiger partial charge in [-0.2, -0.15) is 0 Å². The fourth-order valence-electron chi connectivity index (χ4n) is 2.30. The molecule has 0 saturated carbocycles. The molecule has 0 fully saturated rings. The lowest BCUT2D eigenvalue weighted by molar-refractivity contribution is 0.102. The first-order valence-corrected chi connectivity index (χ1v) is 7.72. The molecule has 3 aromatic rings. The van der Waals surface area contributed by atoms with Crippen molar-refractivity contribution in [2.45, 2.75) is 0 Å². The maximum Gasteiger partial charge on any atom is 0.258 e. The van der Waals surface area contributed by atoms with Crippen LogP contribution in [0.4, 0.5) is 10.1 Å². The van der Waals surface area contributed by atoms with Gasteiger partial charge in [0.1, 0.15) is 17.3 Å². The second kappa shape index (κ2) is 7.60. The van der Waals surface area contributed by atoms with Gasteiger partial charge >= 0.3 is 0 Å². The van der Waals surface area contributed by atoms with E-state index in [-0.39, 0.29) is 17.3 Å². The number of hydrogen-bond donors (Lipinski definition) is 1. The lowest BCUT2D eigenvalue weighted by atomic mass is 10.2. The smallest absolute Gasteiger partial charge is 0.258 e. The fraction of sp³-hybridized carbons (Fsp3) is 0.105. The Hall–Kier alpha value is -3.48. The highest BCUT2D eigenvalue weighted by atomic mass is 19.1. The van der Waals surface area contributed by atoms with Gasteiger partial charge < -0.3 is 14.8 Å². The number of hydrogen-bond acceptors (Lipinski definition) is 5. The summed E-state index contributed by atoms with van der Waals surface area (Å²) in [5.41, 5.74) is 1.41. The Morgan fingerprint density at radius 2 is 1.69 bits per heavy atom. The van der Waals surface area contributed by atoms with Gasteiger partial charge in [-0.1, -0.05) is 0 Å². The van der Waals surface area contributed by atoms with E-state index in [2.05, 4.69) is 15.3 Å². The minimum Gasteiger partial charge on any atom is -0.497 e. The number of ether oxygens (including phenoxy) is 2. The monoisotopic (exact) mass is 353 g/mol. The quantitative estimate of drug-likeness (QED) is 0.759. The number of benzene rings is 2. The summed E-state index contributed by atoms with van der Waals surface area (Å²) in [5.74, 6) is 0.770. The standard InChI is InChI=1S/C19H16FN3O3/c1-25-15-7-8-17(26-2)16(9-15)23-19(24)13-10-21-18(22-11-13)12-3-5-14(20)6-4-12/h3-11H,1-2H3,(H,23,24). The summed E-state index contributed by atoms with van der Waals surface area (Å²) in [5, 5.41) is 2.75. The molecule has 0 saturated heterocycles. The third kappa shape index (κ3) is 3.77. The molecule has 0 aliphatic heterocycles. The molecule has 0 radical (unpaired) electrons. The van der Waals surface area contributed by atoms with Crippen LogP contribution in [0.25, 0.3) is 11.4 Å². The van der Waals surface area contributed by atoms with Crippen molar-refractivity contribution in [1.29, 1.82) is 0 Å². The van der Waals surface area contributed by atoms with E-state index in [1.165, 1.54) is 38.7 Å². The predicted molar refractivity (Wildman–Crippen MR) is 94.9 cm³/mol. The van der Waals surface area contributed by atoms with Crippen molar-refractivity contribution in [3.8, 4) is 22.9 Å². The first-order chi connectivity index (χ1) is 12.6. The Morgan fingerprint density at radius 1 is 1.00 bits per heavy atom. The van der Waals surface area contributed by atoms with Crippen molar-refractivity contribution in [3.05, 3.63) is 66.2 Å². The lowest BCUT2D eigenvalue weighted by Gasteiger charge is -2.11. The molecule has 1 amide bonds. The van der Waals surface area contributed by atoms with Crippen LogP contribution >= 0.6 is 0 Å². The lowest BCUT2D eigenvalue weighted by Crippen LogP contribution is -2.13. The molecule has 0 unspecified atom stereocenters. The predicted octanol–water partition coefficient (Wildman–Crippen LogP) is 3.55. The SMILES string of the molecule is COc1ccc(OC)c(NC(=O)c2cnc(-c3ccc(F)cc3)nc2)c1. The average molecular weight is 353 g/mol. The number of methoxy groups -OCH3 is 2. The Balaban J connectivity index is 1.79. The van der Waals surface area contributed by atoms with Gasteiger partial charge in [0.15, 0.2) is 5.82 Å². The summed E-state index contributed by atoms with van der Waals surface area (Å²) in [6, 6.07) is 10.9. The number of rotatable bonds is 5. The molecule has 0 atom stereocenters. The number of carbonyl (C=O) groups excluding carboxylic acids is 1. The summed E-state index contributed by atoms with van der Waals surface area (Å²) in [7, 11) is 3.05. The summed E-state index contributed by atoms with van der Waals surface area (Å²) >= 11 is 0. The Labute approximate surface area is 149 Å². The van der Waals surface area contributed by atoms with Crippen LogP contribution in [0.1, 0.15) is 10.4 Å². The molecule has 1 aromatic heterocycles. The zero-order chi connectivity index (χ0) is 18.5. The van der Waals surface area contributed by atoms with Gasteiger partial charge in [0, 0.05) is 24.0 Å². The second-order valence-corrected chi connectivity index (χ2v) is 5.32. The van der Waals surface area contributed by atoms with Crippen LogP contribution in [-0.2, 0) is 0 Å². The topological polar surface area (TPSA) is 73.3 Å². The Morgan fingerprint density at radius 3 is 2.31 bits per heavy atom. The maximum absolute atomic E-state index is 13.0. The van der Waals surface area contributed by atoms with Crippen LogP contribution in [0.2, 0.25) is 0 Å². The highest BCUT2D eigenvalue weighted by Crippen LogP contribution is 2.29. The number of nitrogens with one attached hydrogen (secondary N) is 1. The first-order valence-electron chi connectivity index (χ1n) is 7.72. The van der Waals surface area contributed by atoms with Crippen LogP contribution in [0.15, 0.2) is 54.9 Å². The third-order valence-corrected chi connectivity index (χ3v) is 3.67. The van der Waals surface area contributed by atoms with Crippen LogP contribution in [0, 0.1) is 5.82 Å². The van der Waals surface area contributed by atoms with Crippen LogP contribution in [0.5, 0.6) is 11.5 Å². The fourth-order valence-corrected chi connectivity index (χ4v) is 2.30. The minimum atomic E-state index is -0.387. The molecule has 0 aliphatic carbocycles. The van der Waals surface area contributed by atoms with E-state index < -0.39 is 0 Å². The van der Waals surface area contributed by atoms with Gasteiger partial charge in [0.2, 0.25) is 0 Å². The summed E-state index contributed by atoms with van der Waals surface area (Å²) in [4.78, 5) is 20.8. The molecule has 0 aliphatic rings. The highest BCUT2D eigenvalue weighted by molar-refractivity contribution is 6.04. The molecular weight excluding hydrogens is 337 g/mol. The van der Waals surface area contributed by atoms with E-state index in [0.717, 1.165) is 0 Å². The molecule has 132 valence electrons. The summed E-state index contributed by atoms with van der Waals surface area (Å²) < 4.78 is 23.4. The highest BCUT2D eigenvalue weighted by Gasteiger charge is 2.12. The number of amides is 1. The minimum absolute atomic E-state index is 0.278.